The summed E-state index contributed by atoms with van der Waals surface area (Å²) in [6, 6.07) is 16.5. The zero-order valence-electron chi connectivity index (χ0n) is 10.8. The normalized spacial score (nSPS) is 15.4. The summed E-state index contributed by atoms with van der Waals surface area (Å²) in [6.45, 7) is 0. The summed E-state index contributed by atoms with van der Waals surface area (Å²) >= 11 is 0. The fourth-order valence-electron chi connectivity index (χ4n) is 1.97. The molecule has 5 nitrogen and oxygen atoms in total. The zero-order chi connectivity index (χ0) is 14.9. The van der Waals surface area contributed by atoms with Gasteiger partial charge in [0.15, 0.2) is 5.75 Å². The summed E-state index contributed by atoms with van der Waals surface area (Å²) < 4.78 is 30.4. The summed E-state index contributed by atoms with van der Waals surface area (Å²) in [7, 11) is -3.92. The molecule has 1 heterocycles. The number of fused-ring (bicyclic) bond motifs is 1. The lowest BCUT2D eigenvalue weighted by molar-refractivity contribution is 0.455. The molecule has 3 rings (SSSR count). The Balaban J connectivity index is 2.09. The van der Waals surface area contributed by atoms with Gasteiger partial charge in [0.1, 0.15) is 6.07 Å². The van der Waals surface area contributed by atoms with Crippen LogP contribution in [0.1, 0.15) is 0 Å². The van der Waals surface area contributed by atoms with Crippen molar-refractivity contribution in [2.24, 2.45) is 0 Å². The molecule has 0 aliphatic carbocycles. The number of anilines is 1. The van der Waals surface area contributed by atoms with Crippen molar-refractivity contribution in [3.05, 3.63) is 65.4 Å². The van der Waals surface area contributed by atoms with Crippen LogP contribution in [0, 0.1) is 11.3 Å². The first-order chi connectivity index (χ1) is 10.1. The molecular formula is C15H10N2O3S. The van der Waals surface area contributed by atoms with Crippen LogP contribution in [0.4, 0.5) is 5.69 Å². The van der Waals surface area contributed by atoms with E-state index in [2.05, 4.69) is 5.32 Å². The SMILES string of the molecule is N#C/C(=C1/Nc2ccccc2O1)S(=O)(=O)c1ccccc1. The molecule has 2 aromatic carbocycles. The Bertz CT molecular complexity index is 838. The van der Waals surface area contributed by atoms with Crippen LogP contribution in [-0.4, -0.2) is 8.42 Å². The third-order valence-corrected chi connectivity index (χ3v) is 4.68. The minimum atomic E-state index is -3.92. The average Bonchev–Trinajstić information content (AvgIpc) is 2.92. The Hall–Kier alpha value is -2.78. The van der Waals surface area contributed by atoms with Crippen LogP contribution in [0.15, 0.2) is 70.3 Å². The molecule has 2 aromatic rings. The zero-order valence-corrected chi connectivity index (χ0v) is 11.6. The molecule has 0 aromatic heterocycles. The number of hydrogen-bond acceptors (Lipinski definition) is 5. The van der Waals surface area contributed by atoms with Crippen molar-refractivity contribution in [3.63, 3.8) is 0 Å². The van der Waals surface area contributed by atoms with Gasteiger partial charge in [0.05, 0.1) is 10.6 Å². The summed E-state index contributed by atoms with van der Waals surface area (Å²) in [5.41, 5.74) is 0.628. The second kappa shape index (κ2) is 4.96. The van der Waals surface area contributed by atoms with E-state index in [0.717, 1.165) is 0 Å². The topological polar surface area (TPSA) is 79.2 Å². The monoisotopic (exact) mass is 298 g/mol. The largest absolute Gasteiger partial charge is 0.437 e. The van der Waals surface area contributed by atoms with E-state index in [1.54, 1.807) is 48.5 Å². The molecule has 0 saturated heterocycles. The fourth-order valence-corrected chi connectivity index (χ4v) is 3.18. The van der Waals surface area contributed by atoms with E-state index < -0.39 is 14.7 Å². The van der Waals surface area contributed by atoms with Gasteiger partial charge in [-0.1, -0.05) is 30.3 Å². The van der Waals surface area contributed by atoms with Crippen LogP contribution in [-0.2, 0) is 9.84 Å². The first-order valence-corrected chi connectivity index (χ1v) is 7.59. The van der Waals surface area contributed by atoms with Gasteiger partial charge >= 0.3 is 0 Å². The van der Waals surface area contributed by atoms with E-state index >= 15 is 0 Å². The molecule has 0 fully saturated rings. The highest BCUT2D eigenvalue weighted by Crippen LogP contribution is 2.35. The number of nitriles is 1. The second-order valence-electron chi connectivity index (χ2n) is 4.31. The van der Waals surface area contributed by atoms with Gasteiger partial charge in [-0.3, -0.25) is 0 Å². The average molecular weight is 298 g/mol. The molecular weight excluding hydrogens is 288 g/mol. The molecule has 1 aliphatic rings. The smallest absolute Gasteiger partial charge is 0.228 e. The van der Waals surface area contributed by atoms with E-state index in [1.165, 1.54) is 12.1 Å². The van der Waals surface area contributed by atoms with Crippen molar-refractivity contribution in [3.8, 4) is 11.8 Å². The molecule has 21 heavy (non-hydrogen) atoms. The number of rotatable bonds is 2. The van der Waals surface area contributed by atoms with Gasteiger partial charge in [0.25, 0.3) is 0 Å². The maximum Gasteiger partial charge on any atom is 0.228 e. The van der Waals surface area contributed by atoms with Crippen molar-refractivity contribution in [2.45, 2.75) is 4.90 Å². The van der Waals surface area contributed by atoms with Crippen molar-refractivity contribution < 1.29 is 13.2 Å². The molecule has 0 atom stereocenters. The van der Waals surface area contributed by atoms with Crippen LogP contribution >= 0.6 is 0 Å². The molecule has 104 valence electrons. The minimum Gasteiger partial charge on any atom is -0.437 e. The number of benzene rings is 2. The molecule has 0 saturated carbocycles. The summed E-state index contributed by atoms with van der Waals surface area (Å²) in [4.78, 5) is -0.389. The highest BCUT2D eigenvalue weighted by Gasteiger charge is 2.29. The number of nitrogens with zero attached hydrogens (tertiary/aromatic N) is 1. The number of nitrogens with one attached hydrogen (secondary N) is 1. The first kappa shape index (κ1) is 13.2. The Morgan fingerprint density at radius 2 is 1.71 bits per heavy atom. The van der Waals surface area contributed by atoms with Gasteiger partial charge in [-0.15, -0.1) is 0 Å². The highest BCUT2D eigenvalue weighted by molar-refractivity contribution is 7.95. The fraction of sp³-hybridized carbons (Fsp3) is 0. The molecule has 1 N–H and O–H groups in total. The van der Waals surface area contributed by atoms with Crippen LogP contribution < -0.4 is 10.1 Å². The highest BCUT2D eigenvalue weighted by atomic mass is 32.2. The number of para-hydroxylation sites is 2. The van der Waals surface area contributed by atoms with E-state index in [4.69, 9.17) is 4.74 Å². The number of hydrogen-bond donors (Lipinski definition) is 1. The van der Waals surface area contributed by atoms with Gasteiger partial charge in [-0.2, -0.15) is 5.26 Å². The van der Waals surface area contributed by atoms with Crippen LogP contribution in [0.5, 0.6) is 5.75 Å². The molecule has 1 aliphatic heterocycles. The lowest BCUT2D eigenvalue weighted by Gasteiger charge is -2.05. The standard InChI is InChI=1S/C15H10N2O3S/c16-10-14(21(18,19)11-6-2-1-3-7-11)15-17-12-8-4-5-9-13(12)20-15/h1-9,17H/b15-14+. The van der Waals surface area contributed by atoms with Gasteiger partial charge < -0.3 is 10.1 Å². The maximum absolute atomic E-state index is 12.5. The lowest BCUT2D eigenvalue weighted by Crippen LogP contribution is -2.11. The predicted molar refractivity (Wildman–Crippen MR) is 77.0 cm³/mol. The Morgan fingerprint density at radius 1 is 1.05 bits per heavy atom. The van der Waals surface area contributed by atoms with E-state index in [1.807, 2.05) is 0 Å². The second-order valence-corrected chi connectivity index (χ2v) is 6.20. The van der Waals surface area contributed by atoms with E-state index in [-0.39, 0.29) is 10.8 Å². The molecule has 0 unspecified atom stereocenters. The lowest BCUT2D eigenvalue weighted by atomic mass is 10.3. The quantitative estimate of drug-likeness (QED) is 0.862. The van der Waals surface area contributed by atoms with Crippen molar-refractivity contribution >= 4 is 15.5 Å². The number of sulfone groups is 1. The molecule has 6 heteroatoms. The van der Waals surface area contributed by atoms with Gasteiger partial charge in [0.2, 0.25) is 20.6 Å². The van der Waals surface area contributed by atoms with Gasteiger partial charge in [-0.05, 0) is 24.3 Å². The van der Waals surface area contributed by atoms with Crippen LogP contribution in [0.25, 0.3) is 0 Å². The third kappa shape index (κ3) is 2.24. The van der Waals surface area contributed by atoms with Crippen LogP contribution in [0.3, 0.4) is 0 Å². The molecule has 0 radical (unpaired) electrons. The minimum absolute atomic E-state index is 0.0513. The van der Waals surface area contributed by atoms with Crippen molar-refractivity contribution in [1.82, 2.24) is 0 Å². The van der Waals surface area contributed by atoms with Crippen molar-refractivity contribution in [1.29, 1.82) is 5.26 Å². The summed E-state index contributed by atoms with van der Waals surface area (Å²) in [6.07, 6.45) is 0. The molecule has 0 bridgehead atoms. The molecule has 0 amide bonds. The molecule has 0 spiro atoms. The van der Waals surface area contributed by atoms with Crippen LogP contribution in [0.2, 0.25) is 0 Å². The Kier molecular flexibility index (Phi) is 3.12. The number of allylic oxidation sites excluding steroid dienone is 1. The number of ether oxygens (including phenoxy) is 1. The third-order valence-electron chi connectivity index (χ3n) is 2.98. The predicted octanol–water partition coefficient (Wildman–Crippen LogP) is 2.66. The van der Waals surface area contributed by atoms with Gasteiger partial charge in [-0.25, -0.2) is 8.42 Å². The Labute approximate surface area is 122 Å². The van der Waals surface area contributed by atoms with Gasteiger partial charge in [0, 0.05) is 0 Å². The summed E-state index contributed by atoms with van der Waals surface area (Å²) in [5, 5.41) is 12.1. The first-order valence-electron chi connectivity index (χ1n) is 6.11. The maximum atomic E-state index is 12.5. The Morgan fingerprint density at radius 3 is 2.38 bits per heavy atom. The van der Waals surface area contributed by atoms with E-state index in [0.29, 0.717) is 11.4 Å². The summed E-state index contributed by atoms with van der Waals surface area (Å²) in [5.74, 6) is 0.422. The van der Waals surface area contributed by atoms with E-state index in [9.17, 15) is 13.7 Å². The van der Waals surface area contributed by atoms with Crippen molar-refractivity contribution in [2.75, 3.05) is 5.32 Å².